The van der Waals surface area contributed by atoms with Gasteiger partial charge >= 0.3 is 0 Å². The standard InChI is InChI=1S/C10H18N4O/c1-13-10(11-8-12-13)6-14-4-2-3-9(5-14)7-15/h8-9,15H,2-7H2,1H3. The van der Waals surface area contributed by atoms with Crippen LogP contribution in [-0.4, -0.2) is 44.5 Å². The van der Waals surface area contributed by atoms with Gasteiger partial charge in [0.15, 0.2) is 0 Å². The zero-order valence-electron chi connectivity index (χ0n) is 9.13. The average Bonchev–Trinajstić information content (AvgIpc) is 2.65. The molecule has 0 bridgehead atoms. The number of hydrogen-bond donors (Lipinski definition) is 1. The molecule has 0 saturated carbocycles. The zero-order valence-corrected chi connectivity index (χ0v) is 9.13. The first-order chi connectivity index (χ1) is 7.29. The second kappa shape index (κ2) is 4.72. The molecule has 1 aromatic heterocycles. The maximum Gasteiger partial charge on any atom is 0.140 e. The minimum Gasteiger partial charge on any atom is -0.396 e. The van der Waals surface area contributed by atoms with Crippen LogP contribution in [0.1, 0.15) is 18.7 Å². The van der Waals surface area contributed by atoms with E-state index >= 15 is 0 Å². The fourth-order valence-corrected chi connectivity index (χ4v) is 2.11. The highest BCUT2D eigenvalue weighted by molar-refractivity contribution is 4.85. The quantitative estimate of drug-likeness (QED) is 0.764. The molecule has 1 fully saturated rings. The fraction of sp³-hybridized carbons (Fsp3) is 0.800. The minimum atomic E-state index is 0.301. The van der Waals surface area contributed by atoms with Gasteiger partial charge in [0.1, 0.15) is 12.2 Å². The Morgan fingerprint density at radius 1 is 1.60 bits per heavy atom. The summed E-state index contributed by atoms with van der Waals surface area (Å²) < 4.78 is 1.81. The summed E-state index contributed by atoms with van der Waals surface area (Å²) >= 11 is 0. The highest BCUT2D eigenvalue weighted by Gasteiger charge is 2.20. The Morgan fingerprint density at radius 3 is 3.13 bits per heavy atom. The molecule has 0 aliphatic carbocycles. The van der Waals surface area contributed by atoms with E-state index in [9.17, 15) is 0 Å². The van der Waals surface area contributed by atoms with Crippen molar-refractivity contribution < 1.29 is 5.11 Å². The number of aliphatic hydroxyl groups excluding tert-OH is 1. The SMILES string of the molecule is Cn1ncnc1CN1CCCC(CO)C1. The van der Waals surface area contributed by atoms with Crippen LogP contribution in [-0.2, 0) is 13.6 Å². The number of nitrogens with zero attached hydrogens (tertiary/aromatic N) is 4. The van der Waals surface area contributed by atoms with Gasteiger partial charge in [-0.2, -0.15) is 5.10 Å². The number of aryl methyl sites for hydroxylation is 1. The second-order valence-corrected chi connectivity index (χ2v) is 4.23. The largest absolute Gasteiger partial charge is 0.396 e. The number of likely N-dealkylation sites (tertiary alicyclic amines) is 1. The Hall–Kier alpha value is -0.940. The van der Waals surface area contributed by atoms with Gasteiger partial charge in [0.05, 0.1) is 6.54 Å². The lowest BCUT2D eigenvalue weighted by Gasteiger charge is -2.31. The fourth-order valence-electron chi connectivity index (χ4n) is 2.11. The van der Waals surface area contributed by atoms with Crippen LogP contribution in [0.3, 0.4) is 0 Å². The third-order valence-corrected chi connectivity index (χ3v) is 3.03. The van der Waals surface area contributed by atoms with E-state index in [4.69, 9.17) is 5.11 Å². The van der Waals surface area contributed by atoms with E-state index in [1.807, 2.05) is 11.7 Å². The van der Waals surface area contributed by atoms with Gasteiger partial charge < -0.3 is 5.11 Å². The molecule has 1 atom stereocenters. The number of aliphatic hydroxyl groups is 1. The molecular weight excluding hydrogens is 192 g/mol. The van der Waals surface area contributed by atoms with Crippen LogP contribution < -0.4 is 0 Å². The molecule has 2 rings (SSSR count). The number of piperidine rings is 1. The molecule has 0 radical (unpaired) electrons. The average molecular weight is 210 g/mol. The predicted octanol–water partition coefficient (Wildman–Crippen LogP) is 0.0194. The van der Waals surface area contributed by atoms with Crippen LogP contribution in [0.4, 0.5) is 0 Å². The number of rotatable bonds is 3. The van der Waals surface area contributed by atoms with E-state index in [0.717, 1.165) is 31.9 Å². The summed E-state index contributed by atoms with van der Waals surface area (Å²) in [5, 5.41) is 13.2. The van der Waals surface area contributed by atoms with Crippen LogP contribution in [0.25, 0.3) is 0 Å². The molecule has 1 N–H and O–H groups in total. The molecule has 5 heteroatoms. The van der Waals surface area contributed by atoms with Crippen LogP contribution in [0.15, 0.2) is 6.33 Å². The first-order valence-electron chi connectivity index (χ1n) is 5.45. The second-order valence-electron chi connectivity index (χ2n) is 4.23. The van der Waals surface area contributed by atoms with Crippen LogP contribution in [0.2, 0.25) is 0 Å². The summed E-state index contributed by atoms with van der Waals surface area (Å²) in [6, 6.07) is 0. The van der Waals surface area contributed by atoms with Crippen LogP contribution in [0.5, 0.6) is 0 Å². The van der Waals surface area contributed by atoms with Crippen LogP contribution >= 0.6 is 0 Å². The molecule has 1 aliphatic rings. The van der Waals surface area contributed by atoms with E-state index in [0.29, 0.717) is 12.5 Å². The lowest BCUT2D eigenvalue weighted by Crippen LogP contribution is -2.36. The summed E-state index contributed by atoms with van der Waals surface area (Å²) in [5.74, 6) is 1.43. The van der Waals surface area contributed by atoms with E-state index < -0.39 is 0 Å². The molecule has 15 heavy (non-hydrogen) atoms. The van der Waals surface area contributed by atoms with E-state index in [-0.39, 0.29) is 0 Å². The van der Waals surface area contributed by atoms with Crippen LogP contribution in [0, 0.1) is 5.92 Å². The lowest BCUT2D eigenvalue weighted by atomic mass is 9.99. The van der Waals surface area contributed by atoms with Crippen molar-refractivity contribution in [3.8, 4) is 0 Å². The van der Waals surface area contributed by atoms with Gasteiger partial charge in [-0.1, -0.05) is 0 Å². The van der Waals surface area contributed by atoms with E-state index in [1.165, 1.54) is 6.42 Å². The van der Waals surface area contributed by atoms with Gasteiger partial charge in [0, 0.05) is 20.2 Å². The first-order valence-corrected chi connectivity index (χ1v) is 5.45. The van der Waals surface area contributed by atoms with Crippen molar-refractivity contribution in [3.63, 3.8) is 0 Å². The Morgan fingerprint density at radius 2 is 2.47 bits per heavy atom. The van der Waals surface area contributed by atoms with Crippen molar-refractivity contribution in [1.82, 2.24) is 19.7 Å². The molecule has 84 valence electrons. The number of aromatic nitrogens is 3. The van der Waals surface area contributed by atoms with Crippen molar-refractivity contribution in [2.45, 2.75) is 19.4 Å². The molecule has 1 saturated heterocycles. The molecule has 0 amide bonds. The molecular formula is C10H18N4O. The van der Waals surface area contributed by atoms with E-state index in [2.05, 4.69) is 15.0 Å². The Balaban J connectivity index is 1.92. The Bertz CT molecular complexity index is 312. The molecule has 2 heterocycles. The van der Waals surface area contributed by atoms with Gasteiger partial charge in [0.2, 0.25) is 0 Å². The molecule has 1 unspecified atom stereocenters. The maximum atomic E-state index is 9.13. The topological polar surface area (TPSA) is 54.2 Å². The summed E-state index contributed by atoms with van der Waals surface area (Å²) in [7, 11) is 1.91. The van der Waals surface area contributed by atoms with E-state index in [1.54, 1.807) is 6.33 Å². The van der Waals surface area contributed by atoms with Crippen molar-refractivity contribution in [1.29, 1.82) is 0 Å². The van der Waals surface area contributed by atoms with Gasteiger partial charge in [-0.3, -0.25) is 9.58 Å². The predicted molar refractivity (Wildman–Crippen MR) is 56.1 cm³/mol. The van der Waals surface area contributed by atoms with Crippen molar-refractivity contribution in [3.05, 3.63) is 12.2 Å². The van der Waals surface area contributed by atoms with Gasteiger partial charge in [-0.15, -0.1) is 0 Å². The van der Waals surface area contributed by atoms with Gasteiger partial charge in [0.25, 0.3) is 0 Å². The molecule has 0 aromatic carbocycles. The normalized spacial score (nSPS) is 23.2. The van der Waals surface area contributed by atoms with Crippen molar-refractivity contribution in [2.75, 3.05) is 19.7 Å². The molecule has 0 spiro atoms. The number of hydrogen-bond acceptors (Lipinski definition) is 4. The first kappa shape index (κ1) is 10.6. The molecule has 5 nitrogen and oxygen atoms in total. The molecule has 1 aliphatic heterocycles. The highest BCUT2D eigenvalue weighted by Crippen LogP contribution is 2.16. The maximum absolute atomic E-state index is 9.13. The highest BCUT2D eigenvalue weighted by atomic mass is 16.3. The summed E-state index contributed by atoms with van der Waals surface area (Å²) in [4.78, 5) is 6.55. The zero-order chi connectivity index (χ0) is 10.7. The van der Waals surface area contributed by atoms with Crippen molar-refractivity contribution in [2.24, 2.45) is 13.0 Å². The Labute approximate surface area is 89.7 Å². The smallest absolute Gasteiger partial charge is 0.140 e. The summed E-state index contributed by atoms with van der Waals surface area (Å²) in [6.45, 7) is 3.22. The lowest BCUT2D eigenvalue weighted by molar-refractivity contribution is 0.113. The third kappa shape index (κ3) is 2.54. The van der Waals surface area contributed by atoms with Gasteiger partial charge in [-0.05, 0) is 25.3 Å². The van der Waals surface area contributed by atoms with Gasteiger partial charge in [-0.25, -0.2) is 4.98 Å². The minimum absolute atomic E-state index is 0.301. The summed E-state index contributed by atoms with van der Waals surface area (Å²) in [5.41, 5.74) is 0. The summed E-state index contributed by atoms with van der Waals surface area (Å²) in [6.07, 6.45) is 3.90. The van der Waals surface area contributed by atoms with Crippen molar-refractivity contribution >= 4 is 0 Å². The molecule has 1 aromatic rings. The monoisotopic (exact) mass is 210 g/mol. The third-order valence-electron chi connectivity index (χ3n) is 3.03. The Kier molecular flexibility index (Phi) is 3.33.